The summed E-state index contributed by atoms with van der Waals surface area (Å²) in [7, 11) is 3.10. The average Bonchev–Trinajstić information content (AvgIpc) is 2.08. The van der Waals surface area contributed by atoms with Crippen molar-refractivity contribution in [1.82, 2.24) is 0 Å². The smallest absolute Gasteiger partial charge is 0.125 e. The number of hydrogen-bond acceptors (Lipinski definition) is 2. The summed E-state index contributed by atoms with van der Waals surface area (Å²) in [5.41, 5.74) is 0. The van der Waals surface area contributed by atoms with Crippen molar-refractivity contribution in [3.8, 4) is 0 Å². The van der Waals surface area contributed by atoms with Gasteiger partial charge in [-0.25, -0.2) is 0 Å². The minimum absolute atomic E-state index is 0.0397. The van der Waals surface area contributed by atoms with E-state index in [2.05, 4.69) is 0 Å². The second kappa shape index (κ2) is 8.23. The highest BCUT2D eigenvalue weighted by Crippen LogP contribution is 2.46. The van der Waals surface area contributed by atoms with Gasteiger partial charge in [-0.05, 0) is 12.8 Å². The van der Waals surface area contributed by atoms with Gasteiger partial charge >= 0.3 is 12.0 Å². The van der Waals surface area contributed by atoms with Crippen molar-refractivity contribution in [3.63, 3.8) is 0 Å². The molecule has 0 radical (unpaired) electrons. The summed E-state index contributed by atoms with van der Waals surface area (Å²) in [5.74, 6) is 0. The fraction of sp³-hybridized carbons (Fsp3) is 1.00. The molecule has 0 saturated heterocycles. The van der Waals surface area contributed by atoms with Crippen molar-refractivity contribution in [3.05, 3.63) is 0 Å². The van der Waals surface area contributed by atoms with Crippen molar-refractivity contribution < 1.29 is 0 Å². The van der Waals surface area contributed by atoms with Crippen LogP contribution in [0, 0.1) is 0 Å². The second-order valence-corrected chi connectivity index (χ2v) is 24.4. The lowest BCUT2D eigenvalue weighted by molar-refractivity contribution is 1.04. The normalized spacial score (nSPS) is 17.2. The van der Waals surface area contributed by atoms with Crippen LogP contribution >= 0.6 is 88.1 Å². The molecule has 0 aliphatic heterocycles. The van der Waals surface area contributed by atoms with E-state index in [1.165, 1.54) is 0 Å². The first kappa shape index (κ1) is 18.9. The van der Waals surface area contributed by atoms with Gasteiger partial charge in [-0.2, -0.15) is 0 Å². The Balaban J connectivity index is 4.30. The van der Waals surface area contributed by atoms with Gasteiger partial charge in [-0.3, -0.25) is 0 Å². The molecular weight excluding hydrogens is 405 g/mol. The number of halogens is 6. The van der Waals surface area contributed by atoms with Crippen LogP contribution in [0.1, 0.15) is 26.7 Å². The molecule has 0 saturated carbocycles. The minimum Gasteiger partial charge on any atom is -0.125 e. The average molecular weight is 417 g/mol. The summed E-state index contributed by atoms with van der Waals surface area (Å²) in [4.78, 5) is 0.0794. The Morgan fingerprint density at radius 1 is 0.750 bits per heavy atom. The molecule has 0 aliphatic rings. The molecule has 2 unspecified atom stereocenters. The van der Waals surface area contributed by atoms with Crippen LogP contribution in [0.2, 0.25) is 0 Å². The van der Waals surface area contributed by atoms with Crippen LogP contribution in [0.25, 0.3) is 0 Å². The van der Waals surface area contributed by atoms with Gasteiger partial charge in [0.1, 0.15) is 0 Å². The van der Waals surface area contributed by atoms with E-state index in [9.17, 15) is 0 Å². The van der Waals surface area contributed by atoms with Crippen molar-refractivity contribution >= 4 is 100 Å². The summed E-state index contributed by atoms with van der Waals surface area (Å²) >= 11 is 35.9. The Labute approximate surface area is 135 Å². The molecule has 98 valence electrons. The van der Waals surface area contributed by atoms with Gasteiger partial charge in [-0.1, -0.05) is 35.4 Å². The molecule has 0 fully saturated rings. The molecule has 0 N–H and O–H groups in total. The summed E-state index contributed by atoms with van der Waals surface area (Å²) in [5, 5.41) is 0. The van der Waals surface area contributed by atoms with Crippen LogP contribution in [0.15, 0.2) is 0 Å². The lowest BCUT2D eigenvalue weighted by Crippen LogP contribution is -2.30. The highest BCUT2D eigenvalue weighted by atomic mass is 35.8. The largest absolute Gasteiger partial charge is 0.354 e. The molecule has 2 atom stereocenters. The molecule has 0 aromatic carbocycles. The predicted octanol–water partition coefficient (Wildman–Crippen LogP) is 6.31. The lowest BCUT2D eigenvalue weighted by atomic mass is 10.6. The molecule has 10 heteroatoms. The van der Waals surface area contributed by atoms with Crippen molar-refractivity contribution in [1.29, 1.82) is 0 Å². The topological polar surface area (TPSA) is 0 Å². The zero-order valence-corrected chi connectivity index (χ0v) is 16.8. The van der Waals surface area contributed by atoms with Crippen molar-refractivity contribution in [2.75, 3.05) is 0 Å². The molecule has 16 heavy (non-hydrogen) atoms. The third-order valence-electron chi connectivity index (χ3n) is 1.76. The third kappa shape index (κ3) is 7.46. The molecule has 0 aromatic rings. The van der Waals surface area contributed by atoms with Crippen LogP contribution in [-0.2, 0) is 0 Å². The Morgan fingerprint density at radius 3 is 1.12 bits per heavy atom. The molecule has 0 rings (SSSR count). The van der Waals surface area contributed by atoms with E-state index in [1.807, 2.05) is 13.8 Å². The lowest BCUT2D eigenvalue weighted by Gasteiger charge is -2.24. The fourth-order valence-electron chi connectivity index (χ4n) is 0.842. The molecule has 0 amide bonds. The first-order chi connectivity index (χ1) is 7.12. The monoisotopic (exact) mass is 414 g/mol. The van der Waals surface area contributed by atoms with Gasteiger partial charge in [-0.15, -0.1) is 66.5 Å². The fourth-order valence-corrected chi connectivity index (χ4v) is 16.4. The zero-order chi connectivity index (χ0) is 13.0. The van der Waals surface area contributed by atoms with Crippen LogP contribution in [-0.4, -0.2) is 21.8 Å². The van der Waals surface area contributed by atoms with E-state index < -0.39 is 12.0 Å². The molecular formula is C6H12Cl6S2Si2. The third-order valence-corrected chi connectivity index (χ3v) is 17.9. The van der Waals surface area contributed by atoms with E-state index in [-0.39, 0.29) is 9.75 Å². The highest BCUT2D eigenvalue weighted by Gasteiger charge is 2.40. The number of hydrogen-bond donors (Lipinski definition) is 0. The van der Waals surface area contributed by atoms with Gasteiger partial charge in [0, 0.05) is 0 Å². The van der Waals surface area contributed by atoms with Gasteiger partial charge in [0.15, 0.2) is 0 Å². The van der Waals surface area contributed by atoms with Gasteiger partial charge in [0.25, 0.3) is 0 Å². The SMILES string of the molecule is CCC(SSC(CC)[Si](Cl)(Cl)Cl)[Si](Cl)(Cl)Cl. The summed E-state index contributed by atoms with van der Waals surface area (Å²) < 4.78 is 0. The molecule has 0 aromatic heterocycles. The molecule has 0 nitrogen and oxygen atoms in total. The first-order valence-corrected chi connectivity index (χ1v) is 17.1. The Hall–Kier alpha value is 2.87. The Kier molecular flexibility index (Phi) is 9.70. The predicted molar refractivity (Wildman–Crippen MR) is 90.0 cm³/mol. The molecule has 0 spiro atoms. The van der Waals surface area contributed by atoms with E-state index >= 15 is 0 Å². The maximum atomic E-state index is 5.99. The van der Waals surface area contributed by atoms with E-state index in [4.69, 9.17) is 66.5 Å². The summed E-state index contributed by atoms with van der Waals surface area (Å²) in [6.45, 7) is 4.00. The summed E-state index contributed by atoms with van der Waals surface area (Å²) in [6, 6.07) is -5.36. The summed E-state index contributed by atoms with van der Waals surface area (Å²) in [6.07, 6.45) is 1.64. The number of rotatable bonds is 7. The maximum Gasteiger partial charge on any atom is 0.354 e. The van der Waals surface area contributed by atoms with Crippen molar-refractivity contribution in [2.45, 2.75) is 36.4 Å². The van der Waals surface area contributed by atoms with Gasteiger partial charge in [0.05, 0.1) is 9.75 Å². The van der Waals surface area contributed by atoms with Crippen molar-refractivity contribution in [2.24, 2.45) is 0 Å². The van der Waals surface area contributed by atoms with Crippen LogP contribution in [0.5, 0.6) is 0 Å². The van der Waals surface area contributed by atoms with Gasteiger partial charge < -0.3 is 0 Å². The van der Waals surface area contributed by atoms with E-state index in [0.29, 0.717) is 0 Å². The minimum atomic E-state index is -2.68. The molecule has 0 heterocycles. The quantitative estimate of drug-likeness (QED) is 0.270. The maximum absolute atomic E-state index is 5.99. The Bertz CT molecular complexity index is 184. The zero-order valence-electron chi connectivity index (χ0n) is 8.65. The van der Waals surface area contributed by atoms with Crippen LogP contribution in [0.3, 0.4) is 0 Å². The standard InChI is InChI=1S/C6H12Cl6S2Si2/c1-3-5(15(7,8)9)13-14-6(4-2)16(10,11)12/h5-6H,3-4H2,1-2H3. The second-order valence-electron chi connectivity index (χ2n) is 3.07. The molecule has 0 bridgehead atoms. The first-order valence-electron chi connectivity index (χ1n) is 4.58. The highest BCUT2D eigenvalue weighted by molar-refractivity contribution is 8.78. The van der Waals surface area contributed by atoms with Crippen LogP contribution < -0.4 is 0 Å². The van der Waals surface area contributed by atoms with E-state index in [0.717, 1.165) is 12.8 Å². The Morgan fingerprint density at radius 2 is 1.00 bits per heavy atom. The van der Waals surface area contributed by atoms with E-state index in [1.54, 1.807) is 21.6 Å². The molecule has 0 aliphatic carbocycles. The van der Waals surface area contributed by atoms with Gasteiger partial charge in [0.2, 0.25) is 0 Å². The van der Waals surface area contributed by atoms with Crippen LogP contribution in [0.4, 0.5) is 0 Å².